The Balaban J connectivity index is 4.12. The number of carbonyl (C=O) groups excluding carboxylic acids is 1. The molecule has 0 atom stereocenters. The maximum atomic E-state index is 11.1. The van der Waals surface area contributed by atoms with Gasteiger partial charge in [0.15, 0.2) is 0 Å². The van der Waals surface area contributed by atoms with Crippen LogP contribution in [0.4, 0.5) is 0 Å². The Hall–Kier alpha value is -0.530. The van der Waals surface area contributed by atoms with Gasteiger partial charge in [-0.25, -0.2) is 0 Å². The van der Waals surface area contributed by atoms with Crippen molar-refractivity contribution >= 4 is 5.91 Å². The molecule has 0 aliphatic carbocycles. The van der Waals surface area contributed by atoms with Crippen LogP contribution in [-0.4, -0.2) is 13.0 Å². The van der Waals surface area contributed by atoms with Crippen LogP contribution in [0.5, 0.6) is 0 Å². The zero-order valence-corrected chi connectivity index (χ0v) is 9.82. The lowest BCUT2D eigenvalue weighted by atomic mass is 9.67. The van der Waals surface area contributed by atoms with Gasteiger partial charge in [0, 0.05) is 13.5 Å². The Morgan fingerprint density at radius 1 is 1.15 bits per heavy atom. The van der Waals surface area contributed by atoms with Crippen LogP contribution in [0.1, 0.15) is 47.5 Å². The summed E-state index contributed by atoms with van der Waals surface area (Å²) in [7, 11) is 1.69. The second-order valence-electron chi connectivity index (χ2n) is 5.31. The van der Waals surface area contributed by atoms with Gasteiger partial charge >= 0.3 is 0 Å². The van der Waals surface area contributed by atoms with Crippen molar-refractivity contribution in [3.8, 4) is 0 Å². The van der Waals surface area contributed by atoms with Crippen LogP contribution in [0, 0.1) is 10.8 Å². The molecule has 0 aromatic heterocycles. The van der Waals surface area contributed by atoms with Crippen molar-refractivity contribution in [2.24, 2.45) is 10.8 Å². The van der Waals surface area contributed by atoms with Crippen LogP contribution in [0.15, 0.2) is 0 Å². The summed E-state index contributed by atoms with van der Waals surface area (Å²) >= 11 is 0. The summed E-state index contributed by atoms with van der Waals surface area (Å²) in [5.41, 5.74) is 0.459. The molecule has 1 N–H and O–H groups in total. The molecule has 0 aliphatic heterocycles. The number of hydrogen-bond acceptors (Lipinski definition) is 1. The predicted octanol–water partition coefficient (Wildman–Crippen LogP) is 2.58. The molecule has 0 aromatic rings. The van der Waals surface area contributed by atoms with Crippen molar-refractivity contribution in [2.75, 3.05) is 7.05 Å². The molecule has 0 bridgehead atoms. The summed E-state index contributed by atoms with van der Waals surface area (Å²) in [6.07, 6.45) is 1.57. The van der Waals surface area contributed by atoms with Gasteiger partial charge in [-0.05, 0) is 17.3 Å². The Bertz CT molecular complexity index is 177. The molecule has 2 heteroatoms. The minimum atomic E-state index is 0.136. The monoisotopic (exact) mass is 185 g/mol. The number of amides is 1. The smallest absolute Gasteiger partial charge is 0.219 e. The Morgan fingerprint density at radius 3 is 1.92 bits per heavy atom. The summed E-state index contributed by atoms with van der Waals surface area (Å²) in [4.78, 5) is 11.1. The molecule has 78 valence electrons. The summed E-state index contributed by atoms with van der Waals surface area (Å²) in [5, 5.41) is 2.65. The van der Waals surface area contributed by atoms with E-state index in [2.05, 4.69) is 39.9 Å². The number of rotatable bonds is 3. The van der Waals surface area contributed by atoms with Gasteiger partial charge in [0.05, 0.1) is 0 Å². The largest absolute Gasteiger partial charge is 0.359 e. The zero-order valence-electron chi connectivity index (χ0n) is 9.82. The van der Waals surface area contributed by atoms with E-state index < -0.39 is 0 Å². The van der Waals surface area contributed by atoms with Crippen LogP contribution < -0.4 is 5.32 Å². The highest BCUT2D eigenvalue weighted by Gasteiger charge is 2.32. The van der Waals surface area contributed by atoms with Gasteiger partial charge in [0.1, 0.15) is 0 Å². The summed E-state index contributed by atoms with van der Waals surface area (Å²) < 4.78 is 0. The van der Waals surface area contributed by atoms with Crippen molar-refractivity contribution in [3.63, 3.8) is 0 Å². The minimum Gasteiger partial charge on any atom is -0.359 e. The minimum absolute atomic E-state index is 0.136. The fourth-order valence-corrected chi connectivity index (χ4v) is 0.926. The van der Waals surface area contributed by atoms with Crippen molar-refractivity contribution in [1.82, 2.24) is 5.32 Å². The zero-order chi connectivity index (χ0) is 10.7. The van der Waals surface area contributed by atoms with E-state index in [0.717, 1.165) is 6.42 Å². The SMILES string of the molecule is CNC(=O)CCC(C)(C)C(C)(C)C. The standard InChI is InChI=1S/C11H23NO/c1-10(2,3)11(4,5)8-7-9(13)12-6/h7-8H2,1-6H3,(H,12,13). The normalized spacial score (nSPS) is 12.8. The quantitative estimate of drug-likeness (QED) is 0.719. The van der Waals surface area contributed by atoms with Gasteiger partial charge in [0.25, 0.3) is 0 Å². The maximum Gasteiger partial charge on any atom is 0.219 e. The molecule has 0 saturated carbocycles. The molecule has 0 radical (unpaired) electrons. The number of hydrogen-bond donors (Lipinski definition) is 1. The lowest BCUT2D eigenvalue weighted by molar-refractivity contribution is -0.121. The van der Waals surface area contributed by atoms with Crippen LogP contribution in [0.2, 0.25) is 0 Å². The van der Waals surface area contributed by atoms with E-state index in [1.54, 1.807) is 7.05 Å². The van der Waals surface area contributed by atoms with E-state index in [9.17, 15) is 4.79 Å². The van der Waals surface area contributed by atoms with Crippen molar-refractivity contribution in [1.29, 1.82) is 0 Å². The van der Waals surface area contributed by atoms with Crippen LogP contribution in [0.25, 0.3) is 0 Å². The third kappa shape index (κ3) is 3.79. The lowest BCUT2D eigenvalue weighted by Crippen LogP contribution is -2.31. The van der Waals surface area contributed by atoms with Gasteiger partial charge < -0.3 is 5.32 Å². The first-order valence-electron chi connectivity index (χ1n) is 4.91. The van der Waals surface area contributed by atoms with Crippen LogP contribution in [0.3, 0.4) is 0 Å². The highest BCUT2D eigenvalue weighted by Crippen LogP contribution is 2.41. The number of carbonyl (C=O) groups is 1. The fraction of sp³-hybridized carbons (Fsp3) is 0.909. The molecule has 2 nitrogen and oxygen atoms in total. The molecule has 1 amide bonds. The molecule has 0 spiro atoms. The molecule has 0 unspecified atom stereocenters. The molecule has 0 saturated heterocycles. The first-order chi connectivity index (χ1) is 5.70. The van der Waals surface area contributed by atoms with Crippen molar-refractivity contribution < 1.29 is 4.79 Å². The molecule has 0 aliphatic rings. The topological polar surface area (TPSA) is 29.1 Å². The second kappa shape index (κ2) is 4.12. The highest BCUT2D eigenvalue weighted by molar-refractivity contribution is 5.75. The Morgan fingerprint density at radius 2 is 1.62 bits per heavy atom. The predicted molar refractivity (Wildman–Crippen MR) is 56.5 cm³/mol. The van der Waals surface area contributed by atoms with Gasteiger partial charge in [-0.2, -0.15) is 0 Å². The fourth-order valence-electron chi connectivity index (χ4n) is 0.926. The summed E-state index contributed by atoms with van der Waals surface area (Å²) in [6, 6.07) is 0. The highest BCUT2D eigenvalue weighted by atomic mass is 16.1. The molecule has 0 fully saturated rings. The molecular formula is C11H23NO. The third-order valence-electron chi connectivity index (χ3n) is 3.29. The van der Waals surface area contributed by atoms with E-state index in [4.69, 9.17) is 0 Å². The first kappa shape index (κ1) is 12.5. The Kier molecular flexibility index (Phi) is 3.95. The first-order valence-corrected chi connectivity index (χ1v) is 4.91. The molecule has 0 aromatic carbocycles. The van der Waals surface area contributed by atoms with E-state index in [-0.39, 0.29) is 16.7 Å². The van der Waals surface area contributed by atoms with Crippen molar-refractivity contribution in [3.05, 3.63) is 0 Å². The third-order valence-corrected chi connectivity index (χ3v) is 3.29. The molecule has 13 heavy (non-hydrogen) atoms. The van der Waals surface area contributed by atoms with E-state index in [1.165, 1.54) is 0 Å². The van der Waals surface area contributed by atoms with Crippen molar-refractivity contribution in [2.45, 2.75) is 47.5 Å². The van der Waals surface area contributed by atoms with E-state index >= 15 is 0 Å². The van der Waals surface area contributed by atoms with Crippen LogP contribution >= 0.6 is 0 Å². The maximum absolute atomic E-state index is 11.1. The second-order valence-corrected chi connectivity index (χ2v) is 5.31. The van der Waals surface area contributed by atoms with E-state index in [0.29, 0.717) is 6.42 Å². The van der Waals surface area contributed by atoms with Gasteiger partial charge in [-0.1, -0.05) is 34.6 Å². The Labute approximate surface area is 82.1 Å². The van der Waals surface area contributed by atoms with Gasteiger partial charge in [-0.15, -0.1) is 0 Å². The van der Waals surface area contributed by atoms with Crippen LogP contribution in [-0.2, 0) is 4.79 Å². The molecule has 0 heterocycles. The molecule has 0 rings (SSSR count). The van der Waals surface area contributed by atoms with Gasteiger partial charge in [-0.3, -0.25) is 4.79 Å². The lowest BCUT2D eigenvalue weighted by Gasteiger charge is -2.38. The van der Waals surface area contributed by atoms with Gasteiger partial charge in [0.2, 0.25) is 5.91 Å². The number of nitrogens with one attached hydrogen (secondary N) is 1. The molecular weight excluding hydrogens is 162 g/mol. The van der Waals surface area contributed by atoms with E-state index in [1.807, 2.05) is 0 Å². The summed E-state index contributed by atoms with van der Waals surface area (Å²) in [6.45, 7) is 11.1. The summed E-state index contributed by atoms with van der Waals surface area (Å²) in [5.74, 6) is 0.136. The average molecular weight is 185 g/mol. The average Bonchev–Trinajstić information content (AvgIpc) is 1.98.